The molecule has 0 unspecified atom stereocenters. The van der Waals surface area contributed by atoms with E-state index >= 15 is 0 Å². The fraction of sp³-hybridized carbons (Fsp3) is 0.167. The summed E-state index contributed by atoms with van der Waals surface area (Å²) in [6.07, 6.45) is 7.79. The first-order valence-electron chi connectivity index (χ1n) is 9.26. The van der Waals surface area contributed by atoms with E-state index in [0.29, 0.717) is 0 Å². The number of hydrogen-bond acceptors (Lipinski definition) is 3. The Bertz CT molecular complexity index is 1050. The van der Waals surface area contributed by atoms with Gasteiger partial charge in [-0.2, -0.15) is 13.9 Å². The summed E-state index contributed by atoms with van der Waals surface area (Å²) in [5.41, 5.74) is 3.52. The zero-order valence-corrected chi connectivity index (χ0v) is 18.3. The second kappa shape index (κ2) is 10.5. The number of hydrogen-bond donors (Lipinski definition) is 0. The van der Waals surface area contributed by atoms with E-state index in [-0.39, 0.29) is 18.1 Å². The second-order valence-corrected chi connectivity index (χ2v) is 6.61. The van der Waals surface area contributed by atoms with Crippen LogP contribution >= 0.6 is 0 Å². The van der Waals surface area contributed by atoms with Crippen LogP contribution in [0.2, 0.25) is 0 Å². The highest BCUT2D eigenvalue weighted by atomic mass is 35.5. The summed E-state index contributed by atoms with van der Waals surface area (Å²) in [7, 11) is 6.82. The number of benzene rings is 2. The minimum absolute atomic E-state index is 0. The highest BCUT2D eigenvalue weighted by molar-refractivity contribution is 5.71. The van der Waals surface area contributed by atoms with Crippen LogP contribution in [0.15, 0.2) is 59.4 Å². The quantitative estimate of drug-likeness (QED) is 0.543. The number of ether oxygens (including phenoxy) is 2. The Morgan fingerprint density at radius 2 is 1.37 bits per heavy atom. The van der Waals surface area contributed by atoms with Gasteiger partial charge in [0.25, 0.3) is 0 Å². The van der Waals surface area contributed by atoms with E-state index < -0.39 is 0 Å². The third-order valence-corrected chi connectivity index (χ3v) is 4.72. The Labute approximate surface area is 182 Å². The van der Waals surface area contributed by atoms with E-state index in [2.05, 4.69) is 0 Å². The number of rotatable bonds is 6. The summed E-state index contributed by atoms with van der Waals surface area (Å²) < 4.78 is 13.8. The third-order valence-electron chi connectivity index (χ3n) is 4.72. The molecule has 156 valence electrons. The van der Waals surface area contributed by atoms with Crippen molar-refractivity contribution in [2.75, 3.05) is 14.2 Å². The van der Waals surface area contributed by atoms with Crippen molar-refractivity contribution >= 4 is 24.3 Å². The number of methoxy groups -OCH3 is 2. The van der Waals surface area contributed by atoms with E-state index in [9.17, 15) is 4.79 Å². The minimum Gasteiger partial charge on any atom is -1.00 e. The molecule has 1 aromatic heterocycles. The lowest BCUT2D eigenvalue weighted by Crippen LogP contribution is -3.00. The van der Waals surface area contributed by atoms with Crippen molar-refractivity contribution in [3.63, 3.8) is 0 Å². The predicted octanol–water partition coefficient (Wildman–Crippen LogP) is 0.572. The van der Waals surface area contributed by atoms with Gasteiger partial charge in [0.2, 0.25) is 0 Å². The Hall–Kier alpha value is -3.31. The van der Waals surface area contributed by atoms with Crippen molar-refractivity contribution in [1.29, 1.82) is 0 Å². The summed E-state index contributed by atoms with van der Waals surface area (Å²) in [4.78, 5) is 12.7. The molecular formula is C24H25ClN2O3. The molecule has 6 heteroatoms. The Morgan fingerprint density at radius 1 is 0.833 bits per heavy atom. The SMILES string of the molecule is COc1cccc(C=Cc2cc(C=Cc3cccc(OC)c3)[n+](C)c(=O)n2C)c1.[Cl-]. The van der Waals surface area contributed by atoms with Crippen LogP contribution in [0.3, 0.4) is 0 Å². The molecule has 30 heavy (non-hydrogen) atoms. The Morgan fingerprint density at radius 3 is 1.90 bits per heavy atom. The average molecular weight is 425 g/mol. The fourth-order valence-corrected chi connectivity index (χ4v) is 2.96. The molecule has 0 amide bonds. The standard InChI is InChI=1S/C24H25N2O3.ClH/c1-25-20(13-11-18-7-5-9-22(15-18)28-3)17-21(26(2)24(25)27)14-12-19-8-6-10-23(16-19)29-4;/h5-17H,1-4H3;1H/q+1;/p-1. The van der Waals surface area contributed by atoms with Crippen molar-refractivity contribution in [2.24, 2.45) is 14.1 Å². The molecule has 0 saturated carbocycles. The van der Waals surface area contributed by atoms with Crippen molar-refractivity contribution in [3.8, 4) is 11.5 Å². The molecule has 0 bridgehead atoms. The molecule has 3 aromatic rings. The fourth-order valence-electron chi connectivity index (χ4n) is 2.96. The molecule has 3 rings (SSSR count). The van der Waals surface area contributed by atoms with Crippen LogP contribution < -0.4 is 32.1 Å². The first-order chi connectivity index (χ1) is 14.0. The summed E-state index contributed by atoms with van der Waals surface area (Å²) in [6.45, 7) is 0. The van der Waals surface area contributed by atoms with Gasteiger partial charge in [-0.1, -0.05) is 36.4 Å². The largest absolute Gasteiger partial charge is 1.00 e. The first kappa shape index (κ1) is 23.0. The molecule has 0 aliphatic heterocycles. The normalized spacial score (nSPS) is 10.9. The number of aromatic nitrogens is 2. The summed E-state index contributed by atoms with van der Waals surface area (Å²) in [5, 5.41) is 0. The van der Waals surface area contributed by atoms with E-state index in [4.69, 9.17) is 9.47 Å². The maximum Gasteiger partial charge on any atom is 0.498 e. The molecule has 1 heterocycles. The molecular weight excluding hydrogens is 400 g/mol. The summed E-state index contributed by atoms with van der Waals surface area (Å²) >= 11 is 0. The van der Waals surface area contributed by atoms with Gasteiger partial charge < -0.3 is 21.9 Å². The van der Waals surface area contributed by atoms with Gasteiger partial charge in [0.05, 0.1) is 28.3 Å². The van der Waals surface area contributed by atoms with Gasteiger partial charge in [0, 0.05) is 6.07 Å². The highest BCUT2D eigenvalue weighted by Gasteiger charge is 2.13. The molecule has 0 aliphatic rings. The predicted molar refractivity (Wildman–Crippen MR) is 117 cm³/mol. The zero-order chi connectivity index (χ0) is 20.8. The van der Waals surface area contributed by atoms with Gasteiger partial charge in [0.15, 0.2) is 0 Å². The molecule has 0 spiro atoms. The third kappa shape index (κ3) is 5.39. The van der Waals surface area contributed by atoms with Crippen molar-refractivity contribution in [3.05, 3.63) is 87.6 Å². The summed E-state index contributed by atoms with van der Waals surface area (Å²) in [6, 6.07) is 17.5. The van der Waals surface area contributed by atoms with Crippen molar-refractivity contribution in [2.45, 2.75) is 0 Å². The van der Waals surface area contributed by atoms with Gasteiger partial charge in [0.1, 0.15) is 22.9 Å². The molecule has 5 nitrogen and oxygen atoms in total. The molecule has 0 atom stereocenters. The van der Waals surface area contributed by atoms with Crippen LogP contribution in [0, 0.1) is 0 Å². The average Bonchev–Trinajstić information content (AvgIpc) is 2.76. The van der Waals surface area contributed by atoms with Crippen molar-refractivity contribution < 1.29 is 26.4 Å². The number of halogens is 1. The lowest BCUT2D eigenvalue weighted by Gasteiger charge is -2.04. The van der Waals surface area contributed by atoms with Crippen LogP contribution in [0.25, 0.3) is 24.3 Å². The molecule has 0 N–H and O–H groups in total. The smallest absolute Gasteiger partial charge is 0.498 e. The van der Waals surface area contributed by atoms with Gasteiger partial charge in [-0.15, -0.1) is 0 Å². The van der Waals surface area contributed by atoms with Crippen LogP contribution in [-0.4, -0.2) is 18.8 Å². The molecule has 0 saturated heterocycles. The maximum absolute atomic E-state index is 12.7. The summed E-state index contributed by atoms with van der Waals surface area (Å²) in [5.74, 6) is 1.59. The Balaban J connectivity index is 0.00000320. The topological polar surface area (TPSA) is 44.3 Å². The molecule has 0 fully saturated rings. The number of nitrogens with zero attached hydrogens (tertiary/aromatic N) is 2. The van der Waals surface area contributed by atoms with E-state index in [1.54, 1.807) is 37.4 Å². The van der Waals surface area contributed by atoms with Crippen LogP contribution in [-0.2, 0) is 14.1 Å². The van der Waals surface area contributed by atoms with E-state index in [1.807, 2.05) is 78.9 Å². The van der Waals surface area contributed by atoms with E-state index in [0.717, 1.165) is 34.0 Å². The zero-order valence-electron chi connectivity index (χ0n) is 17.5. The van der Waals surface area contributed by atoms with Gasteiger partial charge in [-0.25, -0.2) is 0 Å². The minimum atomic E-state index is -0.0944. The van der Waals surface area contributed by atoms with Gasteiger partial charge in [-0.05, 0) is 47.5 Å². The van der Waals surface area contributed by atoms with Crippen LogP contribution in [0.4, 0.5) is 0 Å². The first-order valence-corrected chi connectivity index (χ1v) is 9.26. The molecule has 0 radical (unpaired) electrons. The Kier molecular flexibility index (Phi) is 8.01. The van der Waals surface area contributed by atoms with Gasteiger partial charge in [-0.3, -0.25) is 0 Å². The monoisotopic (exact) mass is 424 g/mol. The lowest BCUT2D eigenvalue weighted by molar-refractivity contribution is -0.692. The van der Waals surface area contributed by atoms with Crippen molar-refractivity contribution in [1.82, 2.24) is 4.57 Å². The highest BCUT2D eigenvalue weighted by Crippen LogP contribution is 2.16. The van der Waals surface area contributed by atoms with Crippen LogP contribution in [0.5, 0.6) is 11.5 Å². The lowest BCUT2D eigenvalue weighted by atomic mass is 10.1. The van der Waals surface area contributed by atoms with Gasteiger partial charge >= 0.3 is 5.69 Å². The second-order valence-electron chi connectivity index (χ2n) is 6.61. The van der Waals surface area contributed by atoms with E-state index in [1.165, 1.54) is 0 Å². The maximum atomic E-state index is 12.7. The van der Waals surface area contributed by atoms with Crippen LogP contribution in [0.1, 0.15) is 22.5 Å². The molecule has 2 aromatic carbocycles. The molecule has 0 aliphatic carbocycles.